The molecule has 0 spiro atoms. The SMILES string of the molecule is CO[C@@H]1/C=C\C=C(\C)C(=O)NC2=CC(=O)C(NC(=O)c3ccc(CN(Cc4ccccc4)Cc4ccccc4)cc3)=C(C[C@@H](C)C[C@@H](OC)[C@@H](O)[C@@H](C)/C=C(/C)[C@H]1OC(N)=O)C2=O. The van der Waals surface area contributed by atoms with Crippen LogP contribution >= 0.6 is 0 Å². The number of hydrogen-bond acceptors (Lipinski definition) is 10. The van der Waals surface area contributed by atoms with Gasteiger partial charge in [-0.25, -0.2) is 4.79 Å². The predicted molar refractivity (Wildman–Crippen MR) is 239 cm³/mol. The van der Waals surface area contributed by atoms with Crippen molar-refractivity contribution in [1.29, 1.82) is 0 Å². The van der Waals surface area contributed by atoms with Crippen LogP contribution in [-0.2, 0) is 48.2 Å². The van der Waals surface area contributed by atoms with Crippen LogP contribution in [0.3, 0.4) is 0 Å². The Hall–Kier alpha value is -6.25. The van der Waals surface area contributed by atoms with Crippen molar-refractivity contribution in [2.45, 2.75) is 84.6 Å². The van der Waals surface area contributed by atoms with Gasteiger partial charge in [0, 0.05) is 62.6 Å². The third-order valence-corrected chi connectivity index (χ3v) is 11.2. The number of rotatable bonds is 11. The van der Waals surface area contributed by atoms with E-state index in [-0.39, 0.29) is 46.9 Å². The van der Waals surface area contributed by atoms with E-state index in [2.05, 4.69) is 39.8 Å². The Balaban J connectivity index is 1.42. The largest absolute Gasteiger partial charge is 0.439 e. The zero-order chi connectivity index (χ0) is 45.6. The summed E-state index contributed by atoms with van der Waals surface area (Å²) in [7, 11) is 2.88. The van der Waals surface area contributed by atoms with Gasteiger partial charge >= 0.3 is 6.09 Å². The number of hydrogen-bond donors (Lipinski definition) is 4. The lowest BCUT2D eigenvalue weighted by Gasteiger charge is -2.30. The minimum atomic E-state index is -1.05. The number of nitrogens with two attached hydrogens (primary N) is 1. The number of methoxy groups -OCH3 is 2. The van der Waals surface area contributed by atoms with Crippen LogP contribution in [0.15, 0.2) is 143 Å². The fraction of sp³-hybridized carbons (Fsp3) is 0.340. The van der Waals surface area contributed by atoms with E-state index in [9.17, 15) is 29.1 Å². The van der Waals surface area contributed by atoms with Crippen molar-refractivity contribution in [1.82, 2.24) is 15.5 Å². The van der Waals surface area contributed by atoms with E-state index in [1.165, 1.54) is 44.4 Å². The number of nitrogens with one attached hydrogen (secondary N) is 2. The summed E-state index contributed by atoms with van der Waals surface area (Å²) in [6.07, 6.45) is 2.97. The van der Waals surface area contributed by atoms with Gasteiger partial charge in [0.15, 0.2) is 6.10 Å². The van der Waals surface area contributed by atoms with Crippen molar-refractivity contribution in [2.75, 3.05) is 14.2 Å². The summed E-state index contributed by atoms with van der Waals surface area (Å²) in [5.74, 6) is -3.42. The van der Waals surface area contributed by atoms with Gasteiger partial charge in [-0.15, -0.1) is 0 Å². The molecule has 1 heterocycles. The molecule has 5 N–H and O–H groups in total. The topological polar surface area (TPSA) is 187 Å². The average molecular weight is 859 g/mol. The smallest absolute Gasteiger partial charge is 0.405 e. The van der Waals surface area contributed by atoms with Crippen LogP contribution in [0, 0.1) is 11.8 Å². The van der Waals surface area contributed by atoms with Gasteiger partial charge in [-0.3, -0.25) is 24.1 Å². The summed E-state index contributed by atoms with van der Waals surface area (Å²) in [5, 5.41) is 16.8. The molecule has 0 unspecified atom stereocenters. The molecule has 332 valence electrons. The lowest BCUT2D eigenvalue weighted by atomic mass is 9.85. The number of nitrogens with zero attached hydrogens (tertiary/aromatic N) is 1. The second-order valence-corrected chi connectivity index (χ2v) is 16.2. The number of allylic oxidation sites excluding steroid dienone is 4. The molecule has 0 radical (unpaired) electrons. The van der Waals surface area contributed by atoms with Crippen molar-refractivity contribution >= 4 is 29.5 Å². The predicted octanol–water partition coefficient (Wildman–Crippen LogP) is 6.39. The van der Waals surface area contributed by atoms with E-state index in [1.54, 1.807) is 38.1 Å². The standard InChI is InChI=1S/C50H58N4O9/c1-31-24-39-44(53-49(59)38-22-20-37(21-23-38)30-54(28-35-15-9-7-10-16-35)29-36-17-11-8-12-18-36)41(55)27-40(46(39)57)52-48(58)32(2)14-13-19-42(61-5)47(63-50(51)60)34(4)26-33(3)45(56)43(25-31)62-6/h7-23,26-27,31,33,42-43,45,47,56H,24-25,28-30H2,1-6H3,(H2,51,60)(H,52,58)(H,53,59)/b19-13-,32-14-,34-26-/t31-,33+,42-,43-,45+,47-/m1/s1. The Labute approximate surface area is 369 Å². The molecule has 2 aliphatic rings. The molecule has 5 rings (SSSR count). The summed E-state index contributed by atoms with van der Waals surface area (Å²) >= 11 is 0. The third kappa shape index (κ3) is 13.4. The van der Waals surface area contributed by atoms with Gasteiger partial charge in [-0.05, 0) is 67.0 Å². The molecule has 13 nitrogen and oxygen atoms in total. The van der Waals surface area contributed by atoms with E-state index < -0.39 is 59.8 Å². The van der Waals surface area contributed by atoms with Crippen molar-refractivity contribution < 1.29 is 43.3 Å². The fourth-order valence-electron chi connectivity index (χ4n) is 7.78. The van der Waals surface area contributed by atoms with Crippen molar-refractivity contribution in [2.24, 2.45) is 17.6 Å². The monoisotopic (exact) mass is 858 g/mol. The minimum absolute atomic E-state index is 0.00241. The molecule has 0 fully saturated rings. The molecule has 1 aliphatic heterocycles. The lowest BCUT2D eigenvalue weighted by molar-refractivity contribution is -0.120. The Morgan fingerprint density at radius 1 is 0.857 bits per heavy atom. The van der Waals surface area contributed by atoms with Crippen LogP contribution in [0.25, 0.3) is 0 Å². The normalized spacial score (nSPS) is 25.0. The number of aliphatic hydroxyl groups excluding tert-OH is 1. The van der Waals surface area contributed by atoms with Gasteiger partial charge < -0.3 is 35.7 Å². The van der Waals surface area contributed by atoms with Crippen molar-refractivity contribution in [3.8, 4) is 0 Å². The first-order chi connectivity index (χ1) is 30.2. The zero-order valence-electron chi connectivity index (χ0n) is 36.7. The first-order valence-electron chi connectivity index (χ1n) is 21.0. The number of fused-ring (bicyclic) bond motifs is 2. The van der Waals surface area contributed by atoms with E-state index in [0.29, 0.717) is 12.1 Å². The molecule has 13 heteroatoms. The van der Waals surface area contributed by atoms with Gasteiger partial charge in [-0.1, -0.05) is 111 Å². The molecule has 3 amide bonds. The maximum Gasteiger partial charge on any atom is 0.405 e. The summed E-state index contributed by atoms with van der Waals surface area (Å²) in [6.45, 7) is 8.91. The number of carbonyl (C=O) groups excluding carboxylic acids is 5. The summed E-state index contributed by atoms with van der Waals surface area (Å²) in [6, 6.07) is 27.5. The zero-order valence-corrected chi connectivity index (χ0v) is 36.7. The highest BCUT2D eigenvalue weighted by Gasteiger charge is 2.34. The number of carbonyl (C=O) groups is 5. The van der Waals surface area contributed by atoms with Gasteiger partial charge in [-0.2, -0.15) is 0 Å². The maximum absolute atomic E-state index is 14.2. The molecule has 63 heavy (non-hydrogen) atoms. The quantitative estimate of drug-likeness (QED) is 0.124. The number of Topliss-reactive ketones (excluding diaryl/α,β-unsaturated/α-hetero) is 1. The second kappa shape index (κ2) is 22.7. The number of primary amides is 1. The molecule has 0 saturated heterocycles. The number of amides is 3. The number of ether oxygens (including phenoxy) is 3. The Kier molecular flexibility index (Phi) is 17.2. The van der Waals surface area contributed by atoms with E-state index in [1.807, 2.05) is 55.5 Å². The first-order valence-corrected chi connectivity index (χ1v) is 21.0. The number of aliphatic hydroxyl groups is 1. The molecule has 3 aromatic rings. The number of ketones is 2. The Morgan fingerprint density at radius 3 is 2.00 bits per heavy atom. The third-order valence-electron chi connectivity index (χ3n) is 11.2. The molecular weight excluding hydrogens is 801 g/mol. The highest BCUT2D eigenvalue weighted by molar-refractivity contribution is 6.24. The average Bonchev–Trinajstić information content (AvgIpc) is 3.26. The van der Waals surface area contributed by atoms with Crippen LogP contribution in [0.4, 0.5) is 4.79 Å². The second-order valence-electron chi connectivity index (χ2n) is 16.2. The van der Waals surface area contributed by atoms with Crippen LogP contribution in [0.5, 0.6) is 0 Å². The maximum atomic E-state index is 14.2. The molecule has 0 aromatic heterocycles. The van der Waals surface area contributed by atoms with Gasteiger partial charge in [0.05, 0.1) is 23.6 Å². The summed E-state index contributed by atoms with van der Waals surface area (Å²) in [4.78, 5) is 69.5. The summed E-state index contributed by atoms with van der Waals surface area (Å²) in [5.41, 5.74) is 9.33. The molecule has 3 aromatic carbocycles. The molecule has 1 aliphatic carbocycles. The van der Waals surface area contributed by atoms with Gasteiger partial charge in [0.1, 0.15) is 6.10 Å². The van der Waals surface area contributed by atoms with Crippen molar-refractivity contribution in [3.63, 3.8) is 0 Å². The van der Waals surface area contributed by atoms with Gasteiger partial charge in [0.25, 0.3) is 11.8 Å². The number of benzene rings is 3. The molecule has 6 atom stereocenters. The van der Waals surface area contributed by atoms with Crippen LogP contribution < -0.4 is 16.4 Å². The van der Waals surface area contributed by atoms with Crippen LogP contribution in [0.1, 0.15) is 67.6 Å². The Bertz CT molecular complexity index is 2220. The van der Waals surface area contributed by atoms with E-state index in [4.69, 9.17) is 19.9 Å². The van der Waals surface area contributed by atoms with Crippen LogP contribution in [0.2, 0.25) is 0 Å². The van der Waals surface area contributed by atoms with E-state index in [0.717, 1.165) is 24.7 Å². The molecule has 2 bridgehead atoms. The van der Waals surface area contributed by atoms with Gasteiger partial charge in [0.2, 0.25) is 11.6 Å². The molecule has 0 saturated carbocycles. The molecular formula is C50H58N4O9. The minimum Gasteiger partial charge on any atom is -0.439 e. The fourth-order valence-corrected chi connectivity index (χ4v) is 7.78. The Morgan fingerprint density at radius 2 is 1.44 bits per heavy atom. The van der Waals surface area contributed by atoms with E-state index >= 15 is 0 Å². The summed E-state index contributed by atoms with van der Waals surface area (Å²) < 4.78 is 16.8. The van der Waals surface area contributed by atoms with Crippen molar-refractivity contribution in [3.05, 3.63) is 166 Å². The lowest BCUT2D eigenvalue weighted by Crippen LogP contribution is -2.38. The highest BCUT2D eigenvalue weighted by Crippen LogP contribution is 2.29. The van der Waals surface area contributed by atoms with Crippen LogP contribution in [-0.4, -0.2) is 78.1 Å². The first kappa shape index (κ1) is 47.8. The highest BCUT2D eigenvalue weighted by atomic mass is 16.6.